The molecule has 0 atom stereocenters. The molecule has 0 amide bonds. The predicted octanol–water partition coefficient (Wildman–Crippen LogP) is 4.59. The molecule has 1 aromatic carbocycles. The molecule has 27 heavy (non-hydrogen) atoms. The fourth-order valence-corrected chi connectivity index (χ4v) is 3.58. The first-order chi connectivity index (χ1) is 12.9. The van der Waals surface area contributed by atoms with Gasteiger partial charge in [0.2, 0.25) is 0 Å². The van der Waals surface area contributed by atoms with Gasteiger partial charge in [0.15, 0.2) is 0 Å². The molecule has 1 heterocycles. The molecule has 142 valence electrons. The number of carbonyl (C=O) groups is 1. The second kappa shape index (κ2) is 7.86. The lowest BCUT2D eigenvalue weighted by atomic mass is 9.83. The summed E-state index contributed by atoms with van der Waals surface area (Å²) in [4.78, 5) is 16.2. The molecule has 1 aliphatic carbocycles. The van der Waals surface area contributed by atoms with Crippen molar-refractivity contribution in [2.75, 3.05) is 0 Å². The maximum Gasteiger partial charge on any atom is 0.302 e. The lowest BCUT2D eigenvalue weighted by molar-refractivity contribution is -0.142. The first kappa shape index (κ1) is 19.0. The first-order valence-corrected chi connectivity index (χ1v) is 9.08. The molecule has 1 aliphatic rings. The van der Waals surface area contributed by atoms with Gasteiger partial charge in [0.05, 0.1) is 11.4 Å². The van der Waals surface area contributed by atoms with Gasteiger partial charge in [0, 0.05) is 12.5 Å². The van der Waals surface area contributed by atoms with Gasteiger partial charge >= 0.3 is 5.97 Å². The van der Waals surface area contributed by atoms with Crippen molar-refractivity contribution in [2.45, 2.75) is 52.6 Å². The van der Waals surface area contributed by atoms with E-state index in [1.165, 1.54) is 19.1 Å². The summed E-state index contributed by atoms with van der Waals surface area (Å²) in [5.41, 5.74) is 5.53. The maximum atomic E-state index is 13.5. The Bertz CT molecular complexity index is 889. The van der Waals surface area contributed by atoms with Crippen LogP contribution < -0.4 is 0 Å². The number of pyridine rings is 1. The Morgan fingerprint density at radius 2 is 2.00 bits per heavy atom. The molecule has 0 aliphatic heterocycles. The number of aromatic nitrogens is 1. The Morgan fingerprint density at radius 1 is 1.30 bits per heavy atom. The van der Waals surface area contributed by atoms with Crippen LogP contribution in [0.3, 0.4) is 0 Å². The van der Waals surface area contributed by atoms with Crippen LogP contribution in [0, 0.1) is 5.82 Å². The van der Waals surface area contributed by atoms with Crippen LogP contribution in [0.5, 0.6) is 0 Å². The number of rotatable bonds is 4. The molecule has 0 bridgehead atoms. The summed E-state index contributed by atoms with van der Waals surface area (Å²) in [5.74, 6) is -0.614. The minimum atomic E-state index is -0.370. The van der Waals surface area contributed by atoms with Crippen molar-refractivity contribution in [1.29, 1.82) is 0 Å². The molecule has 0 spiro atoms. The number of ether oxygens (including phenoxy) is 1. The highest BCUT2D eigenvalue weighted by atomic mass is 19.1. The Labute approximate surface area is 157 Å². The van der Waals surface area contributed by atoms with Gasteiger partial charge in [-0.05, 0) is 54.0 Å². The number of hydrogen-bond acceptors (Lipinski definition) is 5. The molecule has 3 rings (SSSR count). The first-order valence-electron chi connectivity index (χ1n) is 9.08. The van der Waals surface area contributed by atoms with Crippen LogP contribution in [0.1, 0.15) is 62.0 Å². The van der Waals surface area contributed by atoms with E-state index in [2.05, 4.69) is 5.16 Å². The van der Waals surface area contributed by atoms with E-state index >= 15 is 0 Å². The number of oxime groups is 1. The Kier molecular flexibility index (Phi) is 5.54. The number of carbonyl (C=O) groups excluding carboxylic acids is 1. The smallest absolute Gasteiger partial charge is 0.302 e. The van der Waals surface area contributed by atoms with Crippen LogP contribution in [-0.4, -0.2) is 21.9 Å². The van der Waals surface area contributed by atoms with Gasteiger partial charge < -0.3 is 9.94 Å². The molecular weight excluding hydrogens is 347 g/mol. The topological polar surface area (TPSA) is 71.8 Å². The summed E-state index contributed by atoms with van der Waals surface area (Å²) >= 11 is 0. The lowest BCUT2D eigenvalue weighted by Gasteiger charge is -2.26. The van der Waals surface area contributed by atoms with Crippen LogP contribution in [0.2, 0.25) is 0 Å². The zero-order valence-electron chi connectivity index (χ0n) is 15.8. The zero-order valence-corrected chi connectivity index (χ0v) is 15.8. The molecule has 0 saturated carbocycles. The average molecular weight is 370 g/mol. The monoisotopic (exact) mass is 370 g/mol. The van der Waals surface area contributed by atoms with Crippen LogP contribution in [-0.2, 0) is 22.6 Å². The van der Waals surface area contributed by atoms with Gasteiger partial charge in [0.25, 0.3) is 0 Å². The minimum Gasteiger partial charge on any atom is -0.461 e. The third-order valence-corrected chi connectivity index (χ3v) is 4.76. The third-order valence-electron chi connectivity index (χ3n) is 4.76. The summed E-state index contributed by atoms with van der Waals surface area (Å²) in [6.45, 7) is 5.49. The van der Waals surface area contributed by atoms with E-state index in [0.29, 0.717) is 17.8 Å². The highest BCUT2D eigenvalue weighted by Crippen LogP contribution is 2.38. The van der Waals surface area contributed by atoms with Crippen molar-refractivity contribution in [1.82, 2.24) is 4.98 Å². The van der Waals surface area contributed by atoms with Crippen LogP contribution >= 0.6 is 0 Å². The van der Waals surface area contributed by atoms with Crippen molar-refractivity contribution < 1.29 is 19.1 Å². The highest BCUT2D eigenvalue weighted by Gasteiger charge is 2.27. The van der Waals surface area contributed by atoms with Gasteiger partial charge in [-0.1, -0.05) is 31.1 Å². The molecule has 2 aromatic rings. The zero-order chi connectivity index (χ0) is 19.6. The highest BCUT2D eigenvalue weighted by molar-refractivity contribution is 6.02. The molecule has 0 fully saturated rings. The quantitative estimate of drug-likeness (QED) is 0.485. The van der Waals surface area contributed by atoms with Crippen molar-refractivity contribution in [2.24, 2.45) is 5.16 Å². The fourth-order valence-electron chi connectivity index (χ4n) is 3.58. The molecule has 5 nitrogen and oxygen atoms in total. The van der Waals surface area contributed by atoms with E-state index in [-0.39, 0.29) is 24.3 Å². The second-order valence-electron chi connectivity index (χ2n) is 7.02. The van der Waals surface area contributed by atoms with Crippen molar-refractivity contribution in [3.8, 4) is 11.1 Å². The van der Waals surface area contributed by atoms with E-state index in [0.717, 1.165) is 40.8 Å². The molecular formula is C21H23FN2O3. The largest absolute Gasteiger partial charge is 0.461 e. The number of esters is 1. The van der Waals surface area contributed by atoms with Gasteiger partial charge in [-0.15, -0.1) is 0 Å². The number of hydrogen-bond donors (Lipinski definition) is 1. The van der Waals surface area contributed by atoms with E-state index < -0.39 is 0 Å². The van der Waals surface area contributed by atoms with Gasteiger partial charge in [-0.3, -0.25) is 9.78 Å². The molecule has 1 N–H and O–H groups in total. The van der Waals surface area contributed by atoms with Crippen LogP contribution in [0.15, 0.2) is 29.4 Å². The van der Waals surface area contributed by atoms with Crippen LogP contribution in [0.4, 0.5) is 4.39 Å². The third kappa shape index (κ3) is 3.84. The number of fused-ring (bicyclic) bond motifs is 1. The lowest BCUT2D eigenvalue weighted by Crippen LogP contribution is -2.20. The molecule has 0 saturated heterocycles. The number of nitrogens with zero attached hydrogens (tertiary/aromatic N) is 2. The predicted molar refractivity (Wildman–Crippen MR) is 100 cm³/mol. The fraction of sp³-hybridized carbons (Fsp3) is 0.381. The van der Waals surface area contributed by atoms with E-state index in [1.54, 1.807) is 12.1 Å². The molecule has 6 heteroatoms. The van der Waals surface area contributed by atoms with E-state index in [1.807, 2.05) is 13.8 Å². The van der Waals surface area contributed by atoms with E-state index in [9.17, 15) is 14.4 Å². The standard InChI is InChI=1S/C21H23FN2O3/c1-12(2)20-17(11-27-13(3)25)19(14-7-9-15(22)10-8-14)16-5-4-6-18(24-26)21(16)23-20/h7-10,12,26H,4-6,11H2,1-3H3/b24-18+. The molecule has 1 aromatic heterocycles. The summed E-state index contributed by atoms with van der Waals surface area (Å²) in [5, 5.41) is 12.9. The Morgan fingerprint density at radius 3 is 2.59 bits per heavy atom. The van der Waals surface area contributed by atoms with Crippen molar-refractivity contribution in [3.63, 3.8) is 0 Å². The summed E-state index contributed by atoms with van der Waals surface area (Å²) in [6.07, 6.45) is 2.25. The molecule has 0 radical (unpaired) electrons. The average Bonchev–Trinajstić information content (AvgIpc) is 2.65. The minimum absolute atomic E-state index is 0.0712. The number of halogens is 1. The van der Waals surface area contributed by atoms with Crippen LogP contribution in [0.25, 0.3) is 11.1 Å². The summed E-state index contributed by atoms with van der Waals surface area (Å²) in [6, 6.07) is 6.26. The number of benzene rings is 1. The van der Waals surface area contributed by atoms with Gasteiger partial charge in [-0.2, -0.15) is 0 Å². The van der Waals surface area contributed by atoms with Gasteiger partial charge in [0.1, 0.15) is 18.1 Å². The van der Waals surface area contributed by atoms with E-state index in [4.69, 9.17) is 9.72 Å². The van der Waals surface area contributed by atoms with Crippen molar-refractivity contribution in [3.05, 3.63) is 52.6 Å². The maximum absolute atomic E-state index is 13.5. The SMILES string of the molecule is CC(=O)OCc1c(C(C)C)nc2c(c1-c1ccc(F)cc1)CCC/C2=N\O. The Hall–Kier alpha value is -2.76. The summed E-state index contributed by atoms with van der Waals surface area (Å²) < 4.78 is 18.8. The Balaban J connectivity index is 2.32. The summed E-state index contributed by atoms with van der Waals surface area (Å²) in [7, 11) is 0. The molecule has 0 unspecified atom stereocenters. The van der Waals surface area contributed by atoms with Gasteiger partial charge in [-0.25, -0.2) is 4.39 Å². The van der Waals surface area contributed by atoms with Crippen molar-refractivity contribution >= 4 is 11.7 Å². The normalized spacial score (nSPS) is 15.1. The second-order valence-corrected chi connectivity index (χ2v) is 7.02.